The maximum absolute atomic E-state index is 10.0. The van der Waals surface area contributed by atoms with Crippen molar-refractivity contribution in [2.45, 2.75) is 13.5 Å². The molecule has 4 aromatic carbocycles. The van der Waals surface area contributed by atoms with Crippen LogP contribution in [0.4, 0.5) is 0 Å². The van der Waals surface area contributed by atoms with E-state index >= 15 is 0 Å². The van der Waals surface area contributed by atoms with E-state index in [9.17, 15) is 5.26 Å². The molecule has 0 saturated carbocycles. The lowest BCUT2D eigenvalue weighted by molar-refractivity contribution is 0.804. The van der Waals surface area contributed by atoms with E-state index in [1.807, 2.05) is 42.5 Å². The number of benzene rings is 4. The molecule has 3 heteroatoms. The van der Waals surface area contributed by atoms with E-state index < -0.39 is 0 Å². The van der Waals surface area contributed by atoms with Gasteiger partial charge in [-0.15, -0.1) is 0 Å². The van der Waals surface area contributed by atoms with Crippen molar-refractivity contribution in [2.75, 3.05) is 0 Å². The van der Waals surface area contributed by atoms with E-state index in [4.69, 9.17) is 11.6 Å². The summed E-state index contributed by atoms with van der Waals surface area (Å²) in [4.78, 5) is 0. The number of rotatable bonds is 4. The summed E-state index contributed by atoms with van der Waals surface area (Å²) in [5.74, 6) is 0. The molecule has 0 fully saturated rings. The quantitative estimate of drug-likeness (QED) is 0.265. The highest BCUT2D eigenvalue weighted by Crippen LogP contribution is 2.31. The summed E-state index contributed by atoms with van der Waals surface area (Å²) in [5.41, 5.74) is 6.15. The zero-order chi connectivity index (χ0) is 22.1. The predicted molar refractivity (Wildman–Crippen MR) is 135 cm³/mol. The van der Waals surface area contributed by atoms with Crippen LogP contribution in [0.5, 0.6) is 0 Å². The zero-order valence-electron chi connectivity index (χ0n) is 17.7. The van der Waals surface area contributed by atoms with E-state index in [1.165, 1.54) is 10.9 Å². The van der Waals surface area contributed by atoms with Crippen molar-refractivity contribution in [3.63, 3.8) is 0 Å². The zero-order valence-corrected chi connectivity index (χ0v) is 18.5. The second-order valence-electron chi connectivity index (χ2n) is 7.96. The molecule has 0 saturated heterocycles. The molecule has 0 unspecified atom stereocenters. The van der Waals surface area contributed by atoms with Crippen molar-refractivity contribution in [3.05, 3.63) is 118 Å². The molecule has 0 aliphatic heterocycles. The van der Waals surface area contributed by atoms with Gasteiger partial charge in [-0.05, 0) is 59.2 Å². The maximum Gasteiger partial charge on any atom is 0.0998 e. The molecule has 0 N–H and O–H groups in total. The van der Waals surface area contributed by atoms with Crippen LogP contribution >= 0.6 is 11.6 Å². The summed E-state index contributed by atoms with van der Waals surface area (Å²) in [6.07, 6.45) is 2.03. The Hall–Kier alpha value is -3.80. The maximum atomic E-state index is 10.0. The standard InChI is InChI=1S/C29H21ClN2/c1-20-28(17-25(18-31)24-13-12-22-6-2-3-7-23(22)16-24)27-8-4-5-9-29(27)32(20)19-21-10-14-26(30)15-11-21/h2-17H,19H2,1H3/b25-17-. The van der Waals surface area contributed by atoms with Gasteiger partial charge in [0.05, 0.1) is 11.6 Å². The number of nitriles is 1. The van der Waals surface area contributed by atoms with E-state index in [1.54, 1.807) is 0 Å². The molecule has 0 bridgehead atoms. The molecule has 2 nitrogen and oxygen atoms in total. The first-order valence-corrected chi connectivity index (χ1v) is 10.9. The van der Waals surface area contributed by atoms with Crippen molar-refractivity contribution in [1.29, 1.82) is 5.26 Å². The van der Waals surface area contributed by atoms with Crippen molar-refractivity contribution >= 4 is 44.9 Å². The Morgan fingerprint density at radius 2 is 1.62 bits per heavy atom. The fourth-order valence-corrected chi connectivity index (χ4v) is 4.42. The Kier molecular flexibility index (Phi) is 5.27. The first-order chi connectivity index (χ1) is 15.6. The number of hydrogen-bond acceptors (Lipinski definition) is 1. The number of halogens is 1. The van der Waals surface area contributed by atoms with Crippen LogP contribution in [0.15, 0.2) is 91.0 Å². The number of nitrogens with zero attached hydrogens (tertiary/aromatic N) is 2. The number of para-hydroxylation sites is 1. The molecule has 5 rings (SSSR count). The summed E-state index contributed by atoms with van der Waals surface area (Å²) < 4.78 is 2.31. The lowest BCUT2D eigenvalue weighted by atomic mass is 9.99. The van der Waals surface area contributed by atoms with Gasteiger partial charge in [0, 0.05) is 33.7 Å². The molecule has 0 radical (unpaired) electrons. The minimum Gasteiger partial charge on any atom is -0.340 e. The smallest absolute Gasteiger partial charge is 0.0998 e. The third-order valence-electron chi connectivity index (χ3n) is 6.00. The van der Waals surface area contributed by atoms with Crippen LogP contribution in [0.25, 0.3) is 33.3 Å². The Morgan fingerprint density at radius 1 is 0.906 bits per heavy atom. The predicted octanol–water partition coefficient (Wildman–Crippen LogP) is 7.87. The summed E-state index contributed by atoms with van der Waals surface area (Å²) in [6, 6.07) is 33.2. The second kappa shape index (κ2) is 8.38. The first-order valence-electron chi connectivity index (χ1n) is 10.6. The Labute approximate surface area is 192 Å². The lowest BCUT2D eigenvalue weighted by Gasteiger charge is -2.09. The first kappa shape index (κ1) is 20.1. The van der Waals surface area contributed by atoms with Crippen LogP contribution < -0.4 is 0 Å². The molecule has 0 aliphatic rings. The second-order valence-corrected chi connectivity index (χ2v) is 8.40. The normalized spacial score (nSPS) is 11.7. The van der Waals surface area contributed by atoms with E-state index in [0.29, 0.717) is 5.57 Å². The molecule has 0 amide bonds. The largest absolute Gasteiger partial charge is 0.340 e. The van der Waals surface area contributed by atoms with Gasteiger partial charge in [0.25, 0.3) is 0 Å². The molecular weight excluding hydrogens is 412 g/mol. The van der Waals surface area contributed by atoms with Gasteiger partial charge in [0.1, 0.15) is 0 Å². The van der Waals surface area contributed by atoms with Crippen LogP contribution in [0.1, 0.15) is 22.4 Å². The van der Waals surface area contributed by atoms with Gasteiger partial charge in [-0.25, -0.2) is 0 Å². The average molecular weight is 433 g/mol. The SMILES string of the molecule is Cc1c(/C=C(/C#N)c2ccc3ccccc3c2)c2ccccc2n1Cc1ccc(Cl)cc1. The van der Waals surface area contributed by atoms with Gasteiger partial charge < -0.3 is 4.57 Å². The van der Waals surface area contributed by atoms with Crippen molar-refractivity contribution in [3.8, 4) is 6.07 Å². The lowest BCUT2D eigenvalue weighted by Crippen LogP contribution is -2.01. The number of aromatic nitrogens is 1. The van der Waals surface area contributed by atoms with Gasteiger partial charge in [-0.1, -0.05) is 78.3 Å². The highest BCUT2D eigenvalue weighted by molar-refractivity contribution is 6.30. The number of hydrogen-bond donors (Lipinski definition) is 0. The molecule has 0 spiro atoms. The highest BCUT2D eigenvalue weighted by atomic mass is 35.5. The Balaban J connectivity index is 1.64. The highest BCUT2D eigenvalue weighted by Gasteiger charge is 2.14. The van der Waals surface area contributed by atoms with Gasteiger partial charge in [0.2, 0.25) is 0 Å². The summed E-state index contributed by atoms with van der Waals surface area (Å²) >= 11 is 6.07. The van der Waals surface area contributed by atoms with E-state index in [2.05, 4.69) is 72.2 Å². The molecule has 1 aromatic heterocycles. The molecule has 1 heterocycles. The van der Waals surface area contributed by atoms with Crippen molar-refractivity contribution in [2.24, 2.45) is 0 Å². The van der Waals surface area contributed by atoms with Crippen molar-refractivity contribution in [1.82, 2.24) is 4.57 Å². The van der Waals surface area contributed by atoms with Crippen LogP contribution in [0.2, 0.25) is 5.02 Å². The molecule has 32 heavy (non-hydrogen) atoms. The minimum atomic E-state index is 0.660. The molecular formula is C29H21ClN2. The van der Waals surface area contributed by atoms with Gasteiger partial charge >= 0.3 is 0 Å². The van der Waals surface area contributed by atoms with Crippen LogP contribution in [-0.4, -0.2) is 4.57 Å². The average Bonchev–Trinajstić information content (AvgIpc) is 3.09. The van der Waals surface area contributed by atoms with E-state index in [0.717, 1.165) is 44.7 Å². The fraction of sp³-hybridized carbons (Fsp3) is 0.0690. The summed E-state index contributed by atoms with van der Waals surface area (Å²) in [7, 11) is 0. The number of fused-ring (bicyclic) bond motifs is 2. The molecule has 154 valence electrons. The van der Waals surface area contributed by atoms with Gasteiger partial charge in [0.15, 0.2) is 0 Å². The Bertz CT molecular complexity index is 1520. The number of allylic oxidation sites excluding steroid dienone is 1. The molecule has 0 atom stereocenters. The summed E-state index contributed by atoms with van der Waals surface area (Å²) in [6.45, 7) is 2.87. The third-order valence-corrected chi connectivity index (χ3v) is 6.26. The van der Waals surface area contributed by atoms with Gasteiger partial charge in [-0.2, -0.15) is 5.26 Å². The third kappa shape index (κ3) is 3.68. The van der Waals surface area contributed by atoms with Crippen LogP contribution in [0, 0.1) is 18.3 Å². The molecule has 0 aliphatic carbocycles. The summed E-state index contributed by atoms with van der Waals surface area (Å²) in [5, 5.41) is 14.2. The minimum absolute atomic E-state index is 0.660. The van der Waals surface area contributed by atoms with Crippen LogP contribution in [-0.2, 0) is 6.54 Å². The van der Waals surface area contributed by atoms with Gasteiger partial charge in [-0.3, -0.25) is 0 Å². The topological polar surface area (TPSA) is 28.7 Å². The molecule has 5 aromatic rings. The fourth-order valence-electron chi connectivity index (χ4n) is 4.30. The van der Waals surface area contributed by atoms with Crippen molar-refractivity contribution < 1.29 is 0 Å². The Morgan fingerprint density at radius 3 is 2.41 bits per heavy atom. The monoisotopic (exact) mass is 432 g/mol. The van der Waals surface area contributed by atoms with Crippen LogP contribution in [0.3, 0.4) is 0 Å². The van der Waals surface area contributed by atoms with E-state index in [-0.39, 0.29) is 0 Å².